The minimum atomic E-state index is -0.543. The Morgan fingerprint density at radius 3 is 2.22 bits per heavy atom. The van der Waals surface area contributed by atoms with Gasteiger partial charge in [-0.25, -0.2) is 0 Å². The van der Waals surface area contributed by atoms with Crippen LogP contribution in [0.2, 0.25) is 0 Å². The van der Waals surface area contributed by atoms with Gasteiger partial charge in [-0.05, 0) is 32.4 Å². The Morgan fingerprint density at radius 1 is 1.00 bits per heavy atom. The second-order valence-electron chi connectivity index (χ2n) is 5.84. The maximum absolute atomic E-state index is 11.9. The van der Waals surface area contributed by atoms with E-state index >= 15 is 0 Å². The van der Waals surface area contributed by atoms with Crippen LogP contribution in [0.15, 0.2) is 54.6 Å². The van der Waals surface area contributed by atoms with Gasteiger partial charge in [0, 0.05) is 11.6 Å². The summed E-state index contributed by atoms with van der Waals surface area (Å²) in [7, 11) is 0. The van der Waals surface area contributed by atoms with Crippen LogP contribution in [-0.4, -0.2) is 12.0 Å². The van der Waals surface area contributed by atoms with E-state index in [0.29, 0.717) is 0 Å². The molecule has 2 aromatic carbocycles. The molecule has 2 rings (SSSR count). The standard InChI is InChI=1S/C19H24N2O2/c1-13(2)23-17-12-8-7-11-16(17)14(3)21-18(19(20)22)15-9-5-4-6-10-15/h4-14,18,21H,1-3H3,(H2,20,22)/t14-,18+/m0/s1. The van der Waals surface area contributed by atoms with Crippen molar-refractivity contribution in [2.24, 2.45) is 5.73 Å². The first-order valence-corrected chi connectivity index (χ1v) is 7.85. The molecule has 1 amide bonds. The molecule has 2 atom stereocenters. The maximum atomic E-state index is 11.9. The van der Waals surface area contributed by atoms with Crippen LogP contribution in [0.4, 0.5) is 0 Å². The molecule has 0 aliphatic rings. The fourth-order valence-corrected chi connectivity index (χ4v) is 2.53. The van der Waals surface area contributed by atoms with Crippen LogP contribution in [0.25, 0.3) is 0 Å². The second-order valence-corrected chi connectivity index (χ2v) is 5.84. The topological polar surface area (TPSA) is 64.3 Å². The minimum Gasteiger partial charge on any atom is -0.491 e. The summed E-state index contributed by atoms with van der Waals surface area (Å²) >= 11 is 0. The van der Waals surface area contributed by atoms with Gasteiger partial charge in [-0.3, -0.25) is 10.1 Å². The van der Waals surface area contributed by atoms with E-state index in [1.807, 2.05) is 75.4 Å². The van der Waals surface area contributed by atoms with Gasteiger partial charge in [0.15, 0.2) is 0 Å². The van der Waals surface area contributed by atoms with Gasteiger partial charge in [-0.1, -0.05) is 48.5 Å². The molecule has 0 aliphatic carbocycles. The highest BCUT2D eigenvalue weighted by atomic mass is 16.5. The van der Waals surface area contributed by atoms with Crippen LogP contribution < -0.4 is 15.8 Å². The summed E-state index contributed by atoms with van der Waals surface area (Å²) in [5.41, 5.74) is 7.44. The van der Waals surface area contributed by atoms with Gasteiger partial charge in [-0.2, -0.15) is 0 Å². The Balaban J connectivity index is 2.23. The molecule has 122 valence electrons. The van der Waals surface area contributed by atoms with Crippen molar-refractivity contribution in [3.63, 3.8) is 0 Å². The van der Waals surface area contributed by atoms with E-state index in [2.05, 4.69) is 5.32 Å². The van der Waals surface area contributed by atoms with Crippen molar-refractivity contribution in [3.05, 3.63) is 65.7 Å². The molecule has 3 N–H and O–H groups in total. The van der Waals surface area contributed by atoms with E-state index in [1.54, 1.807) is 0 Å². The van der Waals surface area contributed by atoms with Crippen molar-refractivity contribution in [2.75, 3.05) is 0 Å². The number of benzene rings is 2. The molecule has 0 saturated heterocycles. The zero-order valence-electron chi connectivity index (χ0n) is 13.8. The Hall–Kier alpha value is -2.33. The fraction of sp³-hybridized carbons (Fsp3) is 0.316. The minimum absolute atomic E-state index is 0.0809. The van der Waals surface area contributed by atoms with Gasteiger partial charge in [-0.15, -0.1) is 0 Å². The second kappa shape index (κ2) is 7.79. The molecule has 0 aliphatic heterocycles. The maximum Gasteiger partial charge on any atom is 0.239 e. The average molecular weight is 312 g/mol. The van der Waals surface area contributed by atoms with E-state index in [1.165, 1.54) is 0 Å². The van der Waals surface area contributed by atoms with Crippen molar-refractivity contribution in [1.29, 1.82) is 0 Å². The predicted molar refractivity (Wildman–Crippen MR) is 92.1 cm³/mol. The summed E-state index contributed by atoms with van der Waals surface area (Å²) in [6.07, 6.45) is 0.0874. The summed E-state index contributed by atoms with van der Waals surface area (Å²) in [6.45, 7) is 5.98. The van der Waals surface area contributed by atoms with Gasteiger partial charge < -0.3 is 10.5 Å². The van der Waals surface area contributed by atoms with Gasteiger partial charge in [0.2, 0.25) is 5.91 Å². The molecule has 2 aromatic rings. The molecule has 0 radical (unpaired) electrons. The number of ether oxygens (including phenoxy) is 1. The van der Waals surface area contributed by atoms with E-state index in [-0.39, 0.29) is 12.1 Å². The largest absolute Gasteiger partial charge is 0.491 e. The molecule has 0 spiro atoms. The number of amides is 1. The molecular weight excluding hydrogens is 288 g/mol. The zero-order valence-corrected chi connectivity index (χ0v) is 13.8. The summed E-state index contributed by atoms with van der Waals surface area (Å²) in [4.78, 5) is 11.9. The Morgan fingerprint density at radius 2 is 1.61 bits per heavy atom. The number of rotatable bonds is 7. The molecule has 4 nitrogen and oxygen atoms in total. The molecule has 4 heteroatoms. The Bertz CT molecular complexity index is 641. The van der Waals surface area contributed by atoms with Gasteiger partial charge >= 0.3 is 0 Å². The molecule has 0 fully saturated rings. The Labute approximate surface area is 137 Å². The fourth-order valence-electron chi connectivity index (χ4n) is 2.53. The first-order chi connectivity index (χ1) is 11.0. The summed E-state index contributed by atoms with van der Waals surface area (Å²) in [5.74, 6) is 0.420. The highest BCUT2D eigenvalue weighted by Gasteiger charge is 2.22. The van der Waals surface area contributed by atoms with Gasteiger partial charge in [0.25, 0.3) is 0 Å². The van der Waals surface area contributed by atoms with Crippen LogP contribution in [0.5, 0.6) is 5.75 Å². The van der Waals surface area contributed by atoms with Crippen molar-refractivity contribution < 1.29 is 9.53 Å². The lowest BCUT2D eigenvalue weighted by Gasteiger charge is -2.24. The molecule has 0 bridgehead atoms. The van der Waals surface area contributed by atoms with Gasteiger partial charge in [0.1, 0.15) is 11.8 Å². The smallest absolute Gasteiger partial charge is 0.239 e. The predicted octanol–water partition coefficient (Wildman–Crippen LogP) is 3.35. The average Bonchev–Trinajstić information content (AvgIpc) is 2.53. The lowest BCUT2D eigenvalue weighted by atomic mass is 10.0. The third-order valence-corrected chi connectivity index (χ3v) is 3.58. The summed E-state index contributed by atoms with van der Waals surface area (Å²) < 4.78 is 5.86. The molecule has 0 saturated carbocycles. The van der Waals surface area contributed by atoms with E-state index in [9.17, 15) is 4.79 Å². The normalized spacial score (nSPS) is 13.6. The number of nitrogens with one attached hydrogen (secondary N) is 1. The van der Waals surface area contributed by atoms with Crippen LogP contribution in [0.3, 0.4) is 0 Å². The van der Waals surface area contributed by atoms with Crippen LogP contribution >= 0.6 is 0 Å². The van der Waals surface area contributed by atoms with Crippen molar-refractivity contribution in [3.8, 4) is 5.75 Å². The summed E-state index contributed by atoms with van der Waals surface area (Å²) in [6, 6.07) is 16.7. The molecule has 0 unspecified atom stereocenters. The zero-order chi connectivity index (χ0) is 16.8. The first-order valence-electron chi connectivity index (χ1n) is 7.85. The molecular formula is C19H24N2O2. The quantitative estimate of drug-likeness (QED) is 0.824. The SMILES string of the molecule is CC(C)Oc1ccccc1[C@H](C)N[C@@H](C(N)=O)c1ccccc1. The third kappa shape index (κ3) is 4.57. The van der Waals surface area contributed by atoms with E-state index < -0.39 is 11.9 Å². The number of primary amides is 1. The Kier molecular flexibility index (Phi) is 5.77. The third-order valence-electron chi connectivity index (χ3n) is 3.58. The number of carbonyl (C=O) groups is 1. The van der Waals surface area contributed by atoms with Crippen molar-refractivity contribution in [2.45, 2.75) is 39.0 Å². The van der Waals surface area contributed by atoms with Crippen molar-refractivity contribution >= 4 is 5.91 Å². The first kappa shape index (κ1) is 17.0. The number of hydrogen-bond acceptors (Lipinski definition) is 3. The lowest BCUT2D eigenvalue weighted by molar-refractivity contribution is -0.120. The van der Waals surface area contributed by atoms with Crippen molar-refractivity contribution in [1.82, 2.24) is 5.32 Å². The number of nitrogens with two attached hydrogens (primary N) is 1. The molecule has 0 heterocycles. The number of para-hydroxylation sites is 1. The lowest BCUT2D eigenvalue weighted by Crippen LogP contribution is -2.35. The van der Waals surface area contributed by atoms with Crippen LogP contribution in [0, 0.1) is 0 Å². The highest BCUT2D eigenvalue weighted by Crippen LogP contribution is 2.28. The highest BCUT2D eigenvalue weighted by molar-refractivity contribution is 5.81. The van der Waals surface area contributed by atoms with Crippen LogP contribution in [-0.2, 0) is 4.79 Å². The monoisotopic (exact) mass is 312 g/mol. The number of hydrogen-bond donors (Lipinski definition) is 2. The summed E-state index contributed by atoms with van der Waals surface area (Å²) in [5, 5.41) is 3.31. The van der Waals surface area contributed by atoms with Crippen LogP contribution in [0.1, 0.15) is 44.0 Å². The van der Waals surface area contributed by atoms with E-state index in [0.717, 1.165) is 16.9 Å². The molecule has 0 aromatic heterocycles. The molecule has 23 heavy (non-hydrogen) atoms. The van der Waals surface area contributed by atoms with Gasteiger partial charge in [0.05, 0.1) is 6.10 Å². The number of carbonyl (C=O) groups excluding carboxylic acids is 1. The van der Waals surface area contributed by atoms with E-state index in [4.69, 9.17) is 10.5 Å².